The zero-order chi connectivity index (χ0) is 23.8. The summed E-state index contributed by atoms with van der Waals surface area (Å²) in [5, 5.41) is 22.0. The number of rotatable bonds is 3. The highest BCUT2D eigenvalue weighted by Crippen LogP contribution is 2.37. The Bertz CT molecular complexity index is 940. The van der Waals surface area contributed by atoms with Crippen molar-refractivity contribution >= 4 is 30.0 Å². The molecule has 15 heteroatoms. The van der Waals surface area contributed by atoms with Gasteiger partial charge in [0.15, 0.2) is 0 Å². The molecule has 31 heavy (non-hydrogen) atoms. The van der Waals surface area contributed by atoms with Crippen molar-refractivity contribution in [2.24, 2.45) is 0 Å². The van der Waals surface area contributed by atoms with Crippen LogP contribution in [-0.4, -0.2) is 23.2 Å². The smallest absolute Gasteiger partial charge is 0.423 e. The number of alkyl halides is 9. The van der Waals surface area contributed by atoms with Crippen LogP contribution in [0.2, 0.25) is 0 Å². The highest BCUT2D eigenvalue weighted by Gasteiger charge is 2.37. The molecule has 2 aromatic carbocycles. The van der Waals surface area contributed by atoms with Gasteiger partial charge in [-0.3, -0.25) is 0 Å². The van der Waals surface area contributed by atoms with Gasteiger partial charge in [0, 0.05) is 16.8 Å². The fourth-order valence-electron chi connectivity index (χ4n) is 2.38. The van der Waals surface area contributed by atoms with E-state index in [1.54, 1.807) is 5.32 Å². The van der Waals surface area contributed by atoms with Crippen LogP contribution >= 0.6 is 0 Å². The molecule has 0 aliphatic rings. The molecule has 0 bridgehead atoms. The minimum atomic E-state index is -5.17. The number of nitrogens with one attached hydrogen (secondary N) is 2. The molecule has 4 N–H and O–H groups in total. The first-order valence-corrected chi connectivity index (χ1v) is 7.93. The molecule has 0 saturated heterocycles. The molecule has 0 spiro atoms. The van der Waals surface area contributed by atoms with Crippen LogP contribution in [0.15, 0.2) is 36.4 Å². The SMILES string of the molecule is O=C(Nc1cc(C(F)(F)F)cc(C(F)(F)F)c1)Nc1ccc(C(F)(F)F)cc1B(O)O. The lowest BCUT2D eigenvalue weighted by atomic mass is 9.78. The molecule has 0 aliphatic carbocycles. The van der Waals surface area contributed by atoms with Gasteiger partial charge in [0.2, 0.25) is 0 Å². The van der Waals surface area contributed by atoms with Crippen LogP contribution in [0.25, 0.3) is 0 Å². The third-order valence-corrected chi connectivity index (χ3v) is 3.75. The third-order valence-electron chi connectivity index (χ3n) is 3.75. The van der Waals surface area contributed by atoms with Crippen molar-refractivity contribution in [1.82, 2.24) is 0 Å². The fraction of sp³-hybridized carbons (Fsp3) is 0.188. The van der Waals surface area contributed by atoms with Crippen molar-refractivity contribution < 1.29 is 54.4 Å². The first-order valence-electron chi connectivity index (χ1n) is 7.93. The molecule has 0 unspecified atom stereocenters. The van der Waals surface area contributed by atoms with E-state index in [4.69, 9.17) is 0 Å². The van der Waals surface area contributed by atoms with Crippen molar-refractivity contribution in [2.75, 3.05) is 10.6 Å². The van der Waals surface area contributed by atoms with Gasteiger partial charge in [0.1, 0.15) is 0 Å². The Balaban J connectivity index is 2.34. The molecular formula is C16H10BF9N2O3. The Labute approximate surface area is 167 Å². The monoisotopic (exact) mass is 460 g/mol. The van der Waals surface area contributed by atoms with Gasteiger partial charge in [-0.15, -0.1) is 0 Å². The highest BCUT2D eigenvalue weighted by molar-refractivity contribution is 6.60. The zero-order valence-corrected chi connectivity index (χ0v) is 14.7. The van der Waals surface area contributed by atoms with E-state index in [1.807, 2.05) is 5.32 Å². The van der Waals surface area contributed by atoms with Gasteiger partial charge in [-0.1, -0.05) is 0 Å². The summed E-state index contributed by atoms with van der Waals surface area (Å²) in [7, 11) is -2.48. The molecule has 0 atom stereocenters. The summed E-state index contributed by atoms with van der Waals surface area (Å²) in [4.78, 5) is 12.0. The summed E-state index contributed by atoms with van der Waals surface area (Å²) < 4.78 is 115. The Hall–Kier alpha value is -2.94. The van der Waals surface area contributed by atoms with Crippen LogP contribution in [0.3, 0.4) is 0 Å². The molecule has 0 heterocycles. The van der Waals surface area contributed by atoms with Gasteiger partial charge >= 0.3 is 31.7 Å². The molecular weight excluding hydrogens is 450 g/mol. The van der Waals surface area contributed by atoms with E-state index < -0.39 is 65.2 Å². The van der Waals surface area contributed by atoms with Crippen LogP contribution in [-0.2, 0) is 18.5 Å². The number of hydrogen-bond donors (Lipinski definition) is 4. The van der Waals surface area contributed by atoms with Gasteiger partial charge in [-0.05, 0) is 36.4 Å². The number of halogens is 9. The van der Waals surface area contributed by atoms with Crippen LogP contribution in [0.1, 0.15) is 16.7 Å². The summed E-state index contributed by atoms with van der Waals surface area (Å²) in [6.07, 6.45) is -15.2. The maximum Gasteiger partial charge on any atom is 0.490 e. The quantitative estimate of drug-likeness (QED) is 0.412. The Morgan fingerprint density at radius 2 is 1.19 bits per heavy atom. The lowest BCUT2D eigenvalue weighted by Gasteiger charge is -2.16. The third kappa shape index (κ3) is 6.27. The average Bonchev–Trinajstić information content (AvgIpc) is 2.59. The summed E-state index contributed by atoms with van der Waals surface area (Å²) >= 11 is 0. The van der Waals surface area contributed by atoms with Crippen molar-refractivity contribution in [3.05, 3.63) is 53.1 Å². The molecule has 0 aliphatic heterocycles. The van der Waals surface area contributed by atoms with Gasteiger partial charge in [0.25, 0.3) is 0 Å². The molecule has 5 nitrogen and oxygen atoms in total. The van der Waals surface area contributed by atoms with Crippen molar-refractivity contribution in [2.45, 2.75) is 18.5 Å². The Morgan fingerprint density at radius 3 is 1.61 bits per heavy atom. The second-order valence-corrected chi connectivity index (χ2v) is 6.05. The maximum atomic E-state index is 12.9. The zero-order valence-electron chi connectivity index (χ0n) is 14.7. The molecule has 2 amide bonds. The second-order valence-electron chi connectivity index (χ2n) is 6.05. The number of anilines is 2. The predicted octanol–water partition coefficient (Wildman–Crippen LogP) is 4.07. The van der Waals surface area contributed by atoms with Crippen molar-refractivity contribution in [3.63, 3.8) is 0 Å². The van der Waals surface area contributed by atoms with Gasteiger partial charge in [-0.25, -0.2) is 4.79 Å². The van der Waals surface area contributed by atoms with E-state index in [-0.39, 0.29) is 18.2 Å². The van der Waals surface area contributed by atoms with Crippen LogP contribution < -0.4 is 16.1 Å². The molecule has 2 aromatic rings. The lowest BCUT2D eigenvalue weighted by molar-refractivity contribution is -0.143. The van der Waals surface area contributed by atoms with Crippen molar-refractivity contribution in [1.29, 1.82) is 0 Å². The Morgan fingerprint density at radius 1 is 0.710 bits per heavy atom. The predicted molar refractivity (Wildman–Crippen MR) is 90.4 cm³/mol. The average molecular weight is 460 g/mol. The largest absolute Gasteiger partial charge is 0.490 e. The van der Waals surface area contributed by atoms with E-state index in [9.17, 15) is 54.4 Å². The van der Waals surface area contributed by atoms with Gasteiger partial charge < -0.3 is 20.7 Å². The Kier molecular flexibility index (Phi) is 6.52. The summed E-state index contributed by atoms with van der Waals surface area (Å²) in [5.74, 6) is 0. The maximum absolute atomic E-state index is 12.9. The first-order chi connectivity index (χ1) is 14.0. The van der Waals surface area contributed by atoms with Crippen molar-refractivity contribution in [3.8, 4) is 0 Å². The second kappa shape index (κ2) is 8.30. The summed E-state index contributed by atoms with van der Waals surface area (Å²) in [5.41, 5.74) is -7.03. The van der Waals surface area contributed by atoms with E-state index in [0.29, 0.717) is 18.2 Å². The minimum absolute atomic E-state index is 0.167. The number of carbonyl (C=O) groups excluding carboxylic acids is 1. The molecule has 0 saturated carbocycles. The molecule has 168 valence electrons. The number of carbonyl (C=O) groups is 1. The minimum Gasteiger partial charge on any atom is -0.423 e. The fourth-order valence-corrected chi connectivity index (χ4v) is 2.38. The summed E-state index contributed by atoms with van der Waals surface area (Å²) in [6.45, 7) is 0. The van der Waals surface area contributed by atoms with Gasteiger partial charge in [-0.2, -0.15) is 39.5 Å². The van der Waals surface area contributed by atoms with E-state index in [0.717, 1.165) is 0 Å². The first kappa shape index (κ1) is 24.3. The normalized spacial score (nSPS) is 12.5. The standard InChI is InChI=1S/C16H10BF9N2O3/c18-14(19,20)7-1-2-12(11(6-7)17(30)31)28-13(29)27-10-4-8(15(21,22)23)3-9(5-10)16(24,25)26/h1-6,30-31H,(H2,27,28,29). The number of urea groups is 1. The van der Waals surface area contributed by atoms with E-state index in [2.05, 4.69) is 0 Å². The van der Waals surface area contributed by atoms with Gasteiger partial charge in [0.05, 0.1) is 16.7 Å². The topological polar surface area (TPSA) is 81.6 Å². The number of hydrogen-bond acceptors (Lipinski definition) is 3. The molecule has 0 fully saturated rings. The summed E-state index contributed by atoms with van der Waals surface area (Å²) in [6, 6.07) is 0.199. The molecule has 0 aromatic heterocycles. The number of benzene rings is 2. The van der Waals surface area contributed by atoms with Crippen LogP contribution in [0.4, 0.5) is 55.7 Å². The van der Waals surface area contributed by atoms with Crippen LogP contribution in [0, 0.1) is 0 Å². The molecule has 2 rings (SSSR count). The number of amides is 2. The van der Waals surface area contributed by atoms with E-state index in [1.165, 1.54) is 0 Å². The lowest BCUT2D eigenvalue weighted by Crippen LogP contribution is -2.35. The highest BCUT2D eigenvalue weighted by atomic mass is 19.4. The molecule has 0 radical (unpaired) electrons. The van der Waals surface area contributed by atoms with E-state index >= 15 is 0 Å². The van der Waals surface area contributed by atoms with Crippen LogP contribution in [0.5, 0.6) is 0 Å².